The zero-order valence-corrected chi connectivity index (χ0v) is 17.9. The van der Waals surface area contributed by atoms with Crippen LogP contribution in [-0.2, 0) is 14.8 Å². The Morgan fingerprint density at radius 2 is 1.77 bits per heavy atom. The number of sulfonamides is 1. The molecule has 31 heavy (non-hydrogen) atoms. The minimum Gasteiger partial charge on any atom is -0.326 e. The van der Waals surface area contributed by atoms with Gasteiger partial charge in [-0.05, 0) is 55.3 Å². The first-order valence-electron chi connectivity index (χ1n) is 9.60. The lowest BCUT2D eigenvalue weighted by molar-refractivity contribution is -0.120. The SMILES string of the molecule is O=C(Nc1ccc(-c2nccs2)cc1)C1CCN(S(=O)(=O)c2ccc(F)c(F)c2)CC1. The van der Waals surface area contributed by atoms with E-state index in [1.165, 1.54) is 15.6 Å². The lowest BCUT2D eigenvalue weighted by Gasteiger charge is -2.30. The molecule has 2 aromatic carbocycles. The van der Waals surface area contributed by atoms with Crippen LogP contribution in [0.5, 0.6) is 0 Å². The third-order valence-corrected chi connectivity index (χ3v) is 7.90. The van der Waals surface area contributed by atoms with Crippen LogP contribution < -0.4 is 5.32 Å². The Kier molecular flexibility index (Phi) is 6.12. The molecule has 0 aliphatic carbocycles. The van der Waals surface area contributed by atoms with Crippen LogP contribution in [0.4, 0.5) is 14.5 Å². The summed E-state index contributed by atoms with van der Waals surface area (Å²) in [5.74, 6) is -2.83. The molecule has 1 aliphatic heterocycles. The molecule has 4 rings (SSSR count). The number of halogens is 2. The van der Waals surface area contributed by atoms with Crippen molar-refractivity contribution >= 4 is 33.0 Å². The van der Waals surface area contributed by atoms with Gasteiger partial charge in [0.05, 0.1) is 4.90 Å². The highest BCUT2D eigenvalue weighted by Gasteiger charge is 2.32. The molecular formula is C21H19F2N3O3S2. The van der Waals surface area contributed by atoms with Crippen molar-refractivity contribution in [1.29, 1.82) is 0 Å². The lowest BCUT2D eigenvalue weighted by Crippen LogP contribution is -2.41. The van der Waals surface area contributed by atoms with Gasteiger partial charge in [-0.3, -0.25) is 4.79 Å². The van der Waals surface area contributed by atoms with Crippen molar-refractivity contribution in [2.75, 3.05) is 18.4 Å². The van der Waals surface area contributed by atoms with Gasteiger partial charge in [-0.2, -0.15) is 4.31 Å². The van der Waals surface area contributed by atoms with Gasteiger partial charge in [-0.25, -0.2) is 22.2 Å². The number of nitrogens with zero attached hydrogens (tertiary/aromatic N) is 2. The Morgan fingerprint density at radius 1 is 1.06 bits per heavy atom. The summed E-state index contributed by atoms with van der Waals surface area (Å²) < 4.78 is 53.1. The van der Waals surface area contributed by atoms with Crippen LogP contribution in [0.2, 0.25) is 0 Å². The van der Waals surface area contributed by atoms with Gasteiger partial charge in [-0.15, -0.1) is 11.3 Å². The van der Waals surface area contributed by atoms with Gasteiger partial charge in [0, 0.05) is 41.8 Å². The zero-order valence-electron chi connectivity index (χ0n) is 16.3. The van der Waals surface area contributed by atoms with Crippen LogP contribution in [0.15, 0.2) is 58.9 Å². The maximum atomic E-state index is 13.4. The number of anilines is 1. The molecule has 10 heteroatoms. The molecule has 1 aliphatic rings. The van der Waals surface area contributed by atoms with Crippen molar-refractivity contribution < 1.29 is 22.0 Å². The molecule has 0 bridgehead atoms. The van der Waals surface area contributed by atoms with Crippen molar-refractivity contribution in [2.45, 2.75) is 17.7 Å². The minimum absolute atomic E-state index is 0.127. The van der Waals surface area contributed by atoms with Crippen molar-refractivity contribution in [2.24, 2.45) is 5.92 Å². The Morgan fingerprint density at radius 3 is 2.39 bits per heavy atom. The topological polar surface area (TPSA) is 79.4 Å². The standard InChI is InChI=1S/C21H19F2N3O3S2/c22-18-6-5-17(13-19(18)23)31(28,29)26-10-7-14(8-11-26)20(27)25-16-3-1-15(2-4-16)21-24-9-12-30-21/h1-6,9,12-14H,7-8,10-11H2,(H,25,27). The second-order valence-corrected chi connectivity index (χ2v) is 9.99. The van der Waals surface area contributed by atoms with E-state index in [1.807, 2.05) is 17.5 Å². The normalized spacial score (nSPS) is 15.7. The summed E-state index contributed by atoms with van der Waals surface area (Å²) in [4.78, 5) is 16.6. The van der Waals surface area contributed by atoms with E-state index >= 15 is 0 Å². The van der Waals surface area contributed by atoms with E-state index < -0.39 is 21.7 Å². The molecule has 1 amide bonds. The van der Waals surface area contributed by atoms with Crippen LogP contribution in [0.1, 0.15) is 12.8 Å². The molecule has 162 valence electrons. The first-order chi connectivity index (χ1) is 14.8. The van der Waals surface area contributed by atoms with E-state index in [2.05, 4.69) is 10.3 Å². The van der Waals surface area contributed by atoms with E-state index in [4.69, 9.17) is 0 Å². The highest BCUT2D eigenvalue weighted by molar-refractivity contribution is 7.89. The molecule has 1 fully saturated rings. The van der Waals surface area contributed by atoms with Gasteiger partial charge < -0.3 is 5.32 Å². The Balaban J connectivity index is 1.36. The van der Waals surface area contributed by atoms with Crippen LogP contribution in [0, 0.1) is 17.6 Å². The van der Waals surface area contributed by atoms with E-state index in [-0.39, 0.29) is 29.8 Å². The number of carbonyl (C=O) groups is 1. The van der Waals surface area contributed by atoms with Crippen LogP contribution >= 0.6 is 11.3 Å². The molecular weight excluding hydrogens is 444 g/mol. The fourth-order valence-electron chi connectivity index (χ4n) is 3.45. The smallest absolute Gasteiger partial charge is 0.243 e. The van der Waals surface area contributed by atoms with E-state index in [0.717, 1.165) is 22.7 Å². The molecule has 0 spiro atoms. The second-order valence-electron chi connectivity index (χ2n) is 7.16. The van der Waals surface area contributed by atoms with Gasteiger partial charge in [0.1, 0.15) is 5.01 Å². The Hall–Kier alpha value is -2.69. The molecule has 0 unspecified atom stereocenters. The van der Waals surface area contributed by atoms with Gasteiger partial charge in [-0.1, -0.05) is 0 Å². The Labute approximate surface area is 182 Å². The summed E-state index contributed by atoms with van der Waals surface area (Å²) in [6.45, 7) is 0.255. The third-order valence-electron chi connectivity index (χ3n) is 5.19. The number of aromatic nitrogens is 1. The van der Waals surface area contributed by atoms with Crippen molar-refractivity contribution in [3.8, 4) is 10.6 Å². The summed E-state index contributed by atoms with van der Waals surface area (Å²) in [6.07, 6.45) is 2.41. The maximum absolute atomic E-state index is 13.4. The van der Waals surface area contributed by atoms with Crippen molar-refractivity contribution in [3.63, 3.8) is 0 Å². The molecule has 1 N–H and O–H groups in total. The van der Waals surface area contributed by atoms with Gasteiger partial charge in [0.25, 0.3) is 0 Å². The summed E-state index contributed by atoms with van der Waals surface area (Å²) >= 11 is 1.53. The molecule has 2 heterocycles. The number of rotatable bonds is 5. The molecule has 3 aromatic rings. The fraction of sp³-hybridized carbons (Fsp3) is 0.238. The summed E-state index contributed by atoms with van der Waals surface area (Å²) in [5, 5.41) is 5.66. The molecule has 0 saturated carbocycles. The zero-order chi connectivity index (χ0) is 22.0. The molecule has 6 nitrogen and oxygen atoms in total. The molecule has 1 aromatic heterocycles. The minimum atomic E-state index is -3.95. The number of benzene rings is 2. The number of hydrogen-bond acceptors (Lipinski definition) is 5. The average Bonchev–Trinajstić information content (AvgIpc) is 3.31. The predicted octanol–water partition coefficient (Wildman–Crippen LogP) is 4.13. The lowest BCUT2D eigenvalue weighted by atomic mass is 9.97. The number of piperidine rings is 1. The number of amides is 1. The van der Waals surface area contributed by atoms with Crippen molar-refractivity contribution in [1.82, 2.24) is 9.29 Å². The maximum Gasteiger partial charge on any atom is 0.243 e. The highest BCUT2D eigenvalue weighted by Crippen LogP contribution is 2.27. The summed E-state index contributed by atoms with van der Waals surface area (Å²) in [6, 6.07) is 9.88. The van der Waals surface area contributed by atoms with Crippen LogP contribution in [0.25, 0.3) is 10.6 Å². The number of nitrogens with one attached hydrogen (secondary N) is 1. The third kappa shape index (κ3) is 4.65. The second kappa shape index (κ2) is 8.81. The number of carbonyl (C=O) groups excluding carboxylic acids is 1. The summed E-state index contributed by atoms with van der Waals surface area (Å²) in [7, 11) is -3.95. The van der Waals surface area contributed by atoms with E-state index in [9.17, 15) is 22.0 Å². The monoisotopic (exact) mass is 463 g/mol. The van der Waals surface area contributed by atoms with Crippen molar-refractivity contribution in [3.05, 3.63) is 65.7 Å². The molecule has 1 saturated heterocycles. The van der Waals surface area contributed by atoms with Gasteiger partial charge in [0.15, 0.2) is 11.6 Å². The van der Waals surface area contributed by atoms with E-state index in [0.29, 0.717) is 24.6 Å². The molecule has 0 radical (unpaired) electrons. The van der Waals surface area contributed by atoms with Crippen LogP contribution in [0.3, 0.4) is 0 Å². The quantitative estimate of drug-likeness (QED) is 0.617. The Bertz CT molecular complexity index is 1180. The first-order valence-corrected chi connectivity index (χ1v) is 11.9. The molecule has 0 atom stereocenters. The van der Waals surface area contributed by atoms with Crippen LogP contribution in [-0.4, -0.2) is 36.7 Å². The first kappa shape index (κ1) is 21.5. The number of thiazole rings is 1. The fourth-order valence-corrected chi connectivity index (χ4v) is 5.58. The average molecular weight is 464 g/mol. The van der Waals surface area contributed by atoms with Gasteiger partial charge >= 0.3 is 0 Å². The van der Waals surface area contributed by atoms with E-state index in [1.54, 1.807) is 18.3 Å². The predicted molar refractivity (Wildman–Crippen MR) is 114 cm³/mol. The van der Waals surface area contributed by atoms with Gasteiger partial charge in [0.2, 0.25) is 15.9 Å². The largest absolute Gasteiger partial charge is 0.326 e. The summed E-state index contributed by atoms with van der Waals surface area (Å²) in [5.41, 5.74) is 1.62. The number of hydrogen-bond donors (Lipinski definition) is 1. The highest BCUT2D eigenvalue weighted by atomic mass is 32.2.